The zero-order valence-electron chi connectivity index (χ0n) is 17.5. The van der Waals surface area contributed by atoms with Crippen molar-refractivity contribution in [3.8, 4) is 5.75 Å². The predicted molar refractivity (Wildman–Crippen MR) is 118 cm³/mol. The van der Waals surface area contributed by atoms with Crippen molar-refractivity contribution in [2.24, 2.45) is 11.7 Å². The van der Waals surface area contributed by atoms with Gasteiger partial charge in [-0.05, 0) is 30.0 Å². The van der Waals surface area contributed by atoms with Crippen molar-refractivity contribution in [3.05, 3.63) is 29.8 Å². The van der Waals surface area contributed by atoms with E-state index in [1.165, 1.54) is 12.1 Å². The number of thiol groups is 1. The average molecular weight is 455 g/mol. The van der Waals surface area contributed by atoms with E-state index in [2.05, 4.69) is 28.6 Å². The normalized spacial score (nSPS) is 13.7. The standard InChI is InChI=1S/C20H30N4O6S/c1-11(2)7-14(21)18(27)24-15(8-12-3-5-13(25)6-4-12)19(28)22-9-17(26)23-16(10-31)20(29)30/h3-6,11,14-16,25,31H,7-10,21H2,1-2H3,(H,22,28)(H,23,26)(H,24,27)(H,29,30). The number of carboxylic acid groups (broad SMARTS) is 1. The number of hydrogen-bond donors (Lipinski definition) is 7. The second-order valence-corrected chi connectivity index (χ2v) is 7.89. The largest absolute Gasteiger partial charge is 0.508 e. The molecule has 7 N–H and O–H groups in total. The van der Waals surface area contributed by atoms with Gasteiger partial charge in [0, 0.05) is 12.2 Å². The topological polar surface area (TPSA) is 171 Å². The number of nitrogens with two attached hydrogens (primary N) is 1. The number of phenolic OH excluding ortho intramolecular Hbond substituents is 1. The molecule has 0 radical (unpaired) electrons. The van der Waals surface area contributed by atoms with Crippen LogP contribution in [0.3, 0.4) is 0 Å². The highest BCUT2D eigenvalue weighted by molar-refractivity contribution is 7.80. The van der Waals surface area contributed by atoms with Gasteiger partial charge >= 0.3 is 5.97 Å². The highest BCUT2D eigenvalue weighted by Crippen LogP contribution is 2.12. The molecule has 0 saturated heterocycles. The maximum Gasteiger partial charge on any atom is 0.327 e. The zero-order chi connectivity index (χ0) is 23.6. The Morgan fingerprint density at radius 1 is 1.03 bits per heavy atom. The Labute approximate surface area is 186 Å². The van der Waals surface area contributed by atoms with Gasteiger partial charge in [-0.25, -0.2) is 4.79 Å². The number of hydrogen-bond acceptors (Lipinski definition) is 7. The van der Waals surface area contributed by atoms with E-state index in [0.717, 1.165) is 0 Å². The van der Waals surface area contributed by atoms with Gasteiger partial charge in [0.15, 0.2) is 0 Å². The summed E-state index contributed by atoms with van der Waals surface area (Å²) in [6.07, 6.45) is 0.532. The van der Waals surface area contributed by atoms with Gasteiger partial charge in [-0.1, -0.05) is 26.0 Å². The fourth-order valence-corrected chi connectivity index (χ4v) is 2.94. The number of carboxylic acids is 1. The summed E-state index contributed by atoms with van der Waals surface area (Å²) in [4.78, 5) is 48.0. The molecule has 0 heterocycles. The van der Waals surface area contributed by atoms with Gasteiger partial charge in [0.2, 0.25) is 17.7 Å². The highest BCUT2D eigenvalue weighted by atomic mass is 32.1. The van der Waals surface area contributed by atoms with Gasteiger partial charge in [-0.15, -0.1) is 0 Å². The third-order valence-corrected chi connectivity index (χ3v) is 4.68. The molecule has 3 unspecified atom stereocenters. The fraction of sp³-hybridized carbons (Fsp3) is 0.500. The number of rotatable bonds is 12. The van der Waals surface area contributed by atoms with Crippen molar-refractivity contribution in [3.63, 3.8) is 0 Å². The summed E-state index contributed by atoms with van der Waals surface area (Å²) in [6, 6.07) is 3.10. The Bertz CT molecular complexity index is 771. The molecule has 0 aromatic heterocycles. The second-order valence-electron chi connectivity index (χ2n) is 7.53. The molecule has 172 valence electrons. The molecular weight excluding hydrogens is 424 g/mol. The van der Waals surface area contributed by atoms with Gasteiger partial charge in [0.25, 0.3) is 0 Å². The van der Waals surface area contributed by atoms with E-state index in [4.69, 9.17) is 10.8 Å². The molecule has 0 aliphatic heterocycles. The van der Waals surface area contributed by atoms with E-state index in [0.29, 0.717) is 12.0 Å². The van der Waals surface area contributed by atoms with E-state index < -0.39 is 48.4 Å². The summed E-state index contributed by atoms with van der Waals surface area (Å²) in [5, 5.41) is 25.6. The van der Waals surface area contributed by atoms with Crippen molar-refractivity contribution in [2.45, 2.75) is 44.8 Å². The maximum atomic E-state index is 12.7. The van der Waals surface area contributed by atoms with Crippen LogP contribution in [0.4, 0.5) is 0 Å². The minimum atomic E-state index is -1.24. The summed E-state index contributed by atoms with van der Waals surface area (Å²) in [7, 11) is 0. The van der Waals surface area contributed by atoms with Crippen LogP contribution >= 0.6 is 12.6 Å². The van der Waals surface area contributed by atoms with E-state index in [1.807, 2.05) is 13.8 Å². The summed E-state index contributed by atoms with van der Waals surface area (Å²) in [5.41, 5.74) is 6.56. The van der Waals surface area contributed by atoms with Crippen LogP contribution in [-0.4, -0.2) is 64.3 Å². The number of aliphatic carboxylic acids is 1. The van der Waals surface area contributed by atoms with E-state index in [1.54, 1.807) is 12.1 Å². The molecule has 3 atom stereocenters. The number of nitrogens with one attached hydrogen (secondary N) is 3. The number of aromatic hydroxyl groups is 1. The number of phenols is 1. The Morgan fingerprint density at radius 3 is 2.16 bits per heavy atom. The molecule has 3 amide bonds. The molecule has 11 heteroatoms. The molecule has 1 rings (SSSR count). The third kappa shape index (κ3) is 9.71. The van der Waals surface area contributed by atoms with Crippen molar-refractivity contribution in [1.82, 2.24) is 16.0 Å². The van der Waals surface area contributed by atoms with Crippen LogP contribution in [0.5, 0.6) is 5.75 Å². The number of carbonyl (C=O) groups excluding carboxylic acids is 3. The first-order chi connectivity index (χ1) is 14.5. The van der Waals surface area contributed by atoms with Gasteiger partial charge in [0.1, 0.15) is 17.8 Å². The zero-order valence-corrected chi connectivity index (χ0v) is 18.4. The molecule has 10 nitrogen and oxygen atoms in total. The van der Waals surface area contributed by atoms with Gasteiger partial charge < -0.3 is 31.9 Å². The molecule has 31 heavy (non-hydrogen) atoms. The summed E-state index contributed by atoms with van der Waals surface area (Å²) in [6.45, 7) is 3.36. The molecule has 0 aliphatic carbocycles. The lowest BCUT2D eigenvalue weighted by Gasteiger charge is -2.22. The number of benzene rings is 1. The molecule has 0 bridgehead atoms. The van der Waals surface area contributed by atoms with Crippen LogP contribution in [-0.2, 0) is 25.6 Å². The summed E-state index contributed by atoms with van der Waals surface area (Å²) in [5.74, 6) is -2.96. The Morgan fingerprint density at radius 2 is 1.65 bits per heavy atom. The van der Waals surface area contributed by atoms with Gasteiger partial charge in [0.05, 0.1) is 12.6 Å². The minimum absolute atomic E-state index is 0.0570. The van der Waals surface area contributed by atoms with Crippen LogP contribution in [0, 0.1) is 5.92 Å². The molecule has 0 fully saturated rings. The molecule has 0 aliphatic rings. The van der Waals surface area contributed by atoms with Crippen molar-refractivity contribution in [1.29, 1.82) is 0 Å². The first-order valence-electron chi connectivity index (χ1n) is 9.78. The van der Waals surface area contributed by atoms with E-state index in [9.17, 15) is 24.3 Å². The van der Waals surface area contributed by atoms with Crippen molar-refractivity contribution >= 4 is 36.3 Å². The van der Waals surface area contributed by atoms with Crippen LogP contribution < -0.4 is 21.7 Å². The summed E-state index contributed by atoms with van der Waals surface area (Å²) >= 11 is 3.85. The lowest BCUT2D eigenvalue weighted by molar-refractivity contribution is -0.141. The fourth-order valence-electron chi connectivity index (χ4n) is 2.69. The number of amides is 3. The molecule has 1 aromatic carbocycles. The monoisotopic (exact) mass is 454 g/mol. The lowest BCUT2D eigenvalue weighted by Crippen LogP contribution is -2.54. The Balaban J connectivity index is 2.82. The van der Waals surface area contributed by atoms with Crippen LogP contribution in [0.1, 0.15) is 25.8 Å². The smallest absolute Gasteiger partial charge is 0.327 e. The maximum absolute atomic E-state index is 12.7. The first-order valence-corrected chi connectivity index (χ1v) is 10.4. The second kappa shape index (κ2) is 12.8. The molecular formula is C20H30N4O6S. The lowest BCUT2D eigenvalue weighted by atomic mass is 10.0. The van der Waals surface area contributed by atoms with Gasteiger partial charge in [-0.2, -0.15) is 12.6 Å². The Hall–Kier alpha value is -2.79. The molecule has 0 spiro atoms. The first kappa shape index (κ1) is 26.2. The molecule has 0 saturated carbocycles. The van der Waals surface area contributed by atoms with E-state index in [-0.39, 0.29) is 23.8 Å². The van der Waals surface area contributed by atoms with Crippen molar-refractivity contribution in [2.75, 3.05) is 12.3 Å². The quantitative estimate of drug-likeness (QED) is 0.207. The number of carbonyl (C=O) groups is 4. The molecule has 1 aromatic rings. The average Bonchev–Trinajstić information content (AvgIpc) is 2.70. The van der Waals surface area contributed by atoms with Crippen LogP contribution in [0.15, 0.2) is 24.3 Å². The highest BCUT2D eigenvalue weighted by Gasteiger charge is 2.25. The van der Waals surface area contributed by atoms with Crippen LogP contribution in [0.25, 0.3) is 0 Å². The van der Waals surface area contributed by atoms with Gasteiger partial charge in [-0.3, -0.25) is 14.4 Å². The minimum Gasteiger partial charge on any atom is -0.508 e. The summed E-state index contributed by atoms with van der Waals surface area (Å²) < 4.78 is 0. The van der Waals surface area contributed by atoms with Crippen LogP contribution in [0.2, 0.25) is 0 Å². The predicted octanol–water partition coefficient (Wildman–Crippen LogP) is -0.592. The Kier molecular flexibility index (Phi) is 10.8. The van der Waals surface area contributed by atoms with Crippen molar-refractivity contribution < 1.29 is 29.4 Å². The third-order valence-electron chi connectivity index (χ3n) is 4.31. The van der Waals surface area contributed by atoms with E-state index >= 15 is 0 Å². The SMILES string of the molecule is CC(C)CC(N)C(=O)NC(Cc1ccc(O)cc1)C(=O)NCC(=O)NC(CS)C(=O)O.